The molecule has 3 aliphatic heterocycles. The van der Waals surface area contributed by atoms with Gasteiger partial charge in [0, 0.05) is 38.5 Å². The average Bonchev–Trinajstić information content (AvgIpc) is 3.19. The highest BCUT2D eigenvalue weighted by molar-refractivity contribution is 5.74. The fraction of sp³-hybridized carbons (Fsp3) is 0.475. The number of carbonyl (C=O) groups excluding carboxylic acids is 3. The molecule has 11 atom stereocenters. The summed E-state index contributed by atoms with van der Waals surface area (Å²) in [4.78, 5) is 48.6. The van der Waals surface area contributed by atoms with E-state index >= 15 is 0 Å². The smallest absolute Gasteiger partial charge is 0.303 e. The van der Waals surface area contributed by atoms with Crippen molar-refractivity contribution in [3.8, 4) is 0 Å². The first-order chi connectivity index (χ1) is 27.5. The molecule has 0 spiro atoms. The Labute approximate surface area is 328 Å². The van der Waals surface area contributed by atoms with E-state index < -0.39 is 90.3 Å². The van der Waals surface area contributed by atoms with Crippen LogP contribution in [-0.2, 0) is 65.3 Å². The molecule has 17 nitrogen and oxygen atoms in total. The summed E-state index contributed by atoms with van der Waals surface area (Å²) in [5.74, 6) is -1.68. The average molecular weight is 794 g/mol. The molecule has 3 N–H and O–H groups in total. The molecule has 3 aromatic rings. The molecule has 0 aliphatic carbocycles. The first kappa shape index (κ1) is 41.8. The standard InChI is InChI=1S/C40H47N3O14/c1-23(44)41-32-34(47)35-31(22-52-38(56-35)28-12-8-5-9-13-28)55-40(32)57-36-30(21-50-20-27-10-6-4-7-11-27)54-39(33(42-24(2)45)37(36)53-25(3)46)51-19-18-26-14-16-29(17-15-26)43(48)49/h4-17,30-40,47H,18-22H2,1-3H3,(H,41,44)(H,42,45)/t30-,31-,32-,33-,34-,35+,36+,37-,38+,39+,40+/m1/s1. The van der Waals surface area contributed by atoms with Crippen molar-refractivity contribution < 1.29 is 62.3 Å². The monoisotopic (exact) mass is 793 g/mol. The number of nitro benzene ring substituents is 1. The molecular weight excluding hydrogens is 746 g/mol. The van der Waals surface area contributed by atoms with Crippen LogP contribution in [0.4, 0.5) is 5.69 Å². The molecular formula is C40H47N3O14. The Balaban J connectivity index is 1.27. The summed E-state index contributed by atoms with van der Waals surface area (Å²) in [6.45, 7) is 3.88. The van der Waals surface area contributed by atoms with Gasteiger partial charge in [0.25, 0.3) is 5.69 Å². The van der Waals surface area contributed by atoms with E-state index in [-0.39, 0.29) is 32.1 Å². The number of benzene rings is 3. The van der Waals surface area contributed by atoms with Crippen molar-refractivity contribution in [2.75, 3.05) is 19.8 Å². The van der Waals surface area contributed by atoms with E-state index in [9.17, 15) is 29.6 Å². The third-order valence-corrected chi connectivity index (χ3v) is 9.63. The zero-order chi connectivity index (χ0) is 40.5. The van der Waals surface area contributed by atoms with Crippen molar-refractivity contribution in [1.29, 1.82) is 0 Å². The SMILES string of the molecule is CC(=O)N[C@H]1[C@H](O[C@@H]2[C@H](OC(C)=O)[C@@H](NC(C)=O)[C@@H](OCCc3ccc([N+](=O)[O-])cc3)O[C@@H]2COCc2ccccc2)O[C@@H]2CO[C@H](c3ccccc3)O[C@@H]2[C@@H]1O. The number of hydrogen-bond acceptors (Lipinski definition) is 14. The molecule has 3 heterocycles. The van der Waals surface area contributed by atoms with Crippen LogP contribution < -0.4 is 10.6 Å². The van der Waals surface area contributed by atoms with Crippen LogP contribution >= 0.6 is 0 Å². The van der Waals surface area contributed by atoms with Gasteiger partial charge in [-0.15, -0.1) is 0 Å². The topological polar surface area (TPSA) is 212 Å². The molecule has 3 aromatic carbocycles. The summed E-state index contributed by atoms with van der Waals surface area (Å²) in [6, 6.07) is 22.2. The second kappa shape index (κ2) is 19.5. The highest BCUT2D eigenvalue weighted by Crippen LogP contribution is 2.37. The highest BCUT2D eigenvalue weighted by Gasteiger charge is 2.55. The number of nitrogens with one attached hydrogen (secondary N) is 2. The predicted octanol–water partition coefficient (Wildman–Crippen LogP) is 2.62. The van der Waals surface area contributed by atoms with E-state index in [0.29, 0.717) is 6.42 Å². The van der Waals surface area contributed by atoms with Gasteiger partial charge in [0.05, 0.1) is 31.4 Å². The quantitative estimate of drug-likeness (QED) is 0.115. The van der Waals surface area contributed by atoms with E-state index in [1.54, 1.807) is 12.1 Å². The van der Waals surface area contributed by atoms with Crippen LogP contribution in [0.15, 0.2) is 84.9 Å². The van der Waals surface area contributed by atoms with E-state index in [2.05, 4.69) is 10.6 Å². The molecule has 6 rings (SSSR count). The van der Waals surface area contributed by atoms with Crippen molar-refractivity contribution in [2.45, 2.75) is 101 Å². The number of hydrogen-bond donors (Lipinski definition) is 3. The van der Waals surface area contributed by atoms with Crippen molar-refractivity contribution in [2.24, 2.45) is 0 Å². The molecule has 0 aromatic heterocycles. The van der Waals surface area contributed by atoms with Gasteiger partial charge in [-0.25, -0.2) is 0 Å². The van der Waals surface area contributed by atoms with Gasteiger partial charge in [-0.2, -0.15) is 0 Å². The second-order valence-electron chi connectivity index (χ2n) is 13.9. The van der Waals surface area contributed by atoms with Gasteiger partial charge in [0.1, 0.15) is 42.6 Å². The molecule has 17 heteroatoms. The molecule has 0 radical (unpaired) electrons. The van der Waals surface area contributed by atoms with Gasteiger partial charge in [0.15, 0.2) is 25.0 Å². The minimum atomic E-state index is -1.37. The molecule has 3 saturated heterocycles. The van der Waals surface area contributed by atoms with Crippen molar-refractivity contribution >= 4 is 23.5 Å². The van der Waals surface area contributed by atoms with Crippen LogP contribution in [0.25, 0.3) is 0 Å². The van der Waals surface area contributed by atoms with Crippen molar-refractivity contribution in [3.63, 3.8) is 0 Å². The van der Waals surface area contributed by atoms with E-state index in [1.165, 1.54) is 32.9 Å². The number of ether oxygens (including phenoxy) is 8. The summed E-state index contributed by atoms with van der Waals surface area (Å²) in [5.41, 5.74) is 2.29. The van der Waals surface area contributed by atoms with Crippen LogP contribution in [0.3, 0.4) is 0 Å². The van der Waals surface area contributed by atoms with E-state index in [1.807, 2.05) is 60.7 Å². The van der Waals surface area contributed by atoms with Crippen LogP contribution in [0, 0.1) is 10.1 Å². The largest absolute Gasteiger partial charge is 0.457 e. The number of aliphatic hydroxyl groups excluding tert-OH is 1. The third-order valence-electron chi connectivity index (χ3n) is 9.63. The van der Waals surface area contributed by atoms with Crippen LogP contribution in [0.1, 0.15) is 43.8 Å². The van der Waals surface area contributed by atoms with E-state index in [0.717, 1.165) is 16.7 Å². The molecule has 3 fully saturated rings. The molecule has 0 unspecified atom stereocenters. The number of esters is 1. The van der Waals surface area contributed by atoms with E-state index in [4.69, 9.17) is 37.9 Å². The lowest BCUT2D eigenvalue weighted by molar-refractivity contribution is -0.384. The number of amides is 2. The van der Waals surface area contributed by atoms with Crippen LogP contribution in [0.2, 0.25) is 0 Å². The summed E-state index contributed by atoms with van der Waals surface area (Å²) < 4.78 is 49.8. The Hall–Kier alpha value is -4.85. The van der Waals surface area contributed by atoms with Gasteiger partial charge in [-0.3, -0.25) is 24.5 Å². The number of non-ortho nitro benzene ring substituents is 1. The predicted molar refractivity (Wildman–Crippen MR) is 198 cm³/mol. The summed E-state index contributed by atoms with van der Waals surface area (Å²) >= 11 is 0. The molecule has 3 aliphatic rings. The van der Waals surface area contributed by atoms with Crippen molar-refractivity contribution in [3.05, 3.63) is 112 Å². The van der Waals surface area contributed by atoms with Crippen LogP contribution in [0.5, 0.6) is 0 Å². The maximum atomic E-state index is 12.8. The maximum Gasteiger partial charge on any atom is 0.303 e. The highest BCUT2D eigenvalue weighted by atomic mass is 16.8. The number of nitro groups is 1. The number of fused-ring (bicyclic) bond motifs is 1. The molecule has 306 valence electrons. The van der Waals surface area contributed by atoms with Gasteiger partial charge in [0.2, 0.25) is 11.8 Å². The Morgan fingerprint density at radius 3 is 2.14 bits per heavy atom. The second-order valence-corrected chi connectivity index (χ2v) is 13.9. The minimum Gasteiger partial charge on any atom is -0.457 e. The minimum absolute atomic E-state index is 0.00525. The Morgan fingerprint density at radius 1 is 0.825 bits per heavy atom. The van der Waals surface area contributed by atoms with Crippen molar-refractivity contribution in [1.82, 2.24) is 10.6 Å². The number of rotatable bonds is 15. The van der Waals surface area contributed by atoms with Gasteiger partial charge >= 0.3 is 5.97 Å². The number of nitrogens with zero attached hydrogens (tertiary/aromatic N) is 1. The first-order valence-electron chi connectivity index (χ1n) is 18.6. The molecule has 0 bridgehead atoms. The normalized spacial score (nSPS) is 29.7. The fourth-order valence-corrected chi connectivity index (χ4v) is 7.04. The molecule has 0 saturated carbocycles. The lowest BCUT2D eigenvalue weighted by Crippen LogP contribution is -2.70. The van der Waals surface area contributed by atoms with Gasteiger partial charge < -0.3 is 53.6 Å². The molecule has 2 amide bonds. The zero-order valence-electron chi connectivity index (χ0n) is 31.7. The maximum absolute atomic E-state index is 12.8. The Morgan fingerprint density at radius 2 is 1.49 bits per heavy atom. The first-order valence-corrected chi connectivity index (χ1v) is 18.6. The third kappa shape index (κ3) is 11.0. The number of carbonyl (C=O) groups is 3. The Bertz CT molecular complexity index is 1800. The summed E-state index contributed by atoms with van der Waals surface area (Å²) in [5, 5.41) is 28.4. The van der Waals surface area contributed by atoms with Crippen LogP contribution in [-0.4, -0.2) is 109 Å². The fourth-order valence-electron chi connectivity index (χ4n) is 7.04. The lowest BCUT2D eigenvalue weighted by Gasteiger charge is -2.51. The van der Waals surface area contributed by atoms with Gasteiger partial charge in [-0.05, 0) is 17.5 Å². The Kier molecular flexibility index (Phi) is 14.3. The number of aliphatic hydroxyl groups is 1. The molecule has 57 heavy (non-hydrogen) atoms. The van der Waals surface area contributed by atoms with Gasteiger partial charge in [-0.1, -0.05) is 72.8 Å². The summed E-state index contributed by atoms with van der Waals surface area (Å²) in [6.07, 6.45) is -9.72. The lowest BCUT2D eigenvalue weighted by atomic mass is 9.93. The summed E-state index contributed by atoms with van der Waals surface area (Å²) in [7, 11) is 0. The zero-order valence-corrected chi connectivity index (χ0v) is 31.7.